The molecule has 1 fully saturated rings. The average Bonchev–Trinajstić information content (AvgIpc) is 3.59. The number of methoxy groups -OCH3 is 1. The van der Waals surface area contributed by atoms with Crippen LogP contribution in [0.1, 0.15) is 44.0 Å². The molecule has 0 bridgehead atoms. The summed E-state index contributed by atoms with van der Waals surface area (Å²) in [6.07, 6.45) is 6.17. The molecule has 3 heterocycles. The normalized spacial score (nSPS) is 14.7. The van der Waals surface area contributed by atoms with Crippen LogP contribution >= 0.6 is 23.1 Å². The number of aromatic nitrogens is 5. The summed E-state index contributed by atoms with van der Waals surface area (Å²) in [6.45, 7) is 0. The van der Waals surface area contributed by atoms with Gasteiger partial charge in [0, 0.05) is 11.6 Å². The largest absolute Gasteiger partial charge is 0.497 e. The number of thiophene rings is 1. The Balaban J connectivity index is 1.35. The Morgan fingerprint density at radius 2 is 1.97 bits per heavy atom. The van der Waals surface area contributed by atoms with Gasteiger partial charge in [0.15, 0.2) is 11.0 Å². The predicted molar refractivity (Wildman–Crippen MR) is 121 cm³/mol. The summed E-state index contributed by atoms with van der Waals surface area (Å²) in [5.74, 6) is 3.47. The van der Waals surface area contributed by atoms with Gasteiger partial charge in [0.05, 0.1) is 17.7 Å². The van der Waals surface area contributed by atoms with Gasteiger partial charge >= 0.3 is 0 Å². The summed E-state index contributed by atoms with van der Waals surface area (Å²) in [4.78, 5) is 5.71. The van der Waals surface area contributed by atoms with Crippen LogP contribution in [0, 0.1) is 0 Å². The van der Waals surface area contributed by atoms with Crippen molar-refractivity contribution in [1.82, 2.24) is 24.9 Å². The summed E-state index contributed by atoms with van der Waals surface area (Å²) in [5.41, 5.74) is 0.895. The predicted octanol–water partition coefficient (Wildman–Crippen LogP) is 5.86. The standard InChI is InChI=1S/C22H23N5O2S2/c1-28-17-11-9-15(10-12-17)20-23-19(29-26-20)14-31-22-25-24-21(18-8-5-13-30-18)27(22)16-6-3-2-4-7-16/h5,8-13,16H,2-4,6-7,14H2,1H3. The zero-order valence-electron chi connectivity index (χ0n) is 17.2. The van der Waals surface area contributed by atoms with Crippen molar-refractivity contribution >= 4 is 23.1 Å². The van der Waals surface area contributed by atoms with Gasteiger partial charge in [-0.15, -0.1) is 21.5 Å². The fourth-order valence-electron chi connectivity index (χ4n) is 3.91. The van der Waals surface area contributed by atoms with Crippen molar-refractivity contribution in [2.45, 2.75) is 49.1 Å². The van der Waals surface area contributed by atoms with Crippen molar-refractivity contribution in [2.24, 2.45) is 0 Å². The first-order valence-corrected chi connectivity index (χ1v) is 12.3. The van der Waals surface area contributed by atoms with Crippen LogP contribution in [-0.4, -0.2) is 32.0 Å². The van der Waals surface area contributed by atoms with E-state index in [-0.39, 0.29) is 0 Å². The van der Waals surface area contributed by atoms with Gasteiger partial charge in [-0.3, -0.25) is 4.57 Å². The number of benzene rings is 1. The van der Waals surface area contributed by atoms with Crippen molar-refractivity contribution in [2.75, 3.05) is 7.11 Å². The van der Waals surface area contributed by atoms with Crippen LogP contribution in [0.2, 0.25) is 0 Å². The van der Waals surface area contributed by atoms with E-state index in [1.807, 2.05) is 24.3 Å². The fraction of sp³-hybridized carbons (Fsp3) is 0.364. The first-order chi connectivity index (χ1) is 15.3. The maximum absolute atomic E-state index is 5.49. The summed E-state index contributed by atoms with van der Waals surface area (Å²) in [6, 6.07) is 12.2. The van der Waals surface area contributed by atoms with Gasteiger partial charge in [0.1, 0.15) is 5.75 Å². The van der Waals surface area contributed by atoms with E-state index in [0.29, 0.717) is 23.5 Å². The van der Waals surface area contributed by atoms with Crippen LogP contribution in [0.15, 0.2) is 51.5 Å². The van der Waals surface area contributed by atoms with Crippen molar-refractivity contribution in [1.29, 1.82) is 0 Å². The van der Waals surface area contributed by atoms with Crippen molar-refractivity contribution < 1.29 is 9.26 Å². The van der Waals surface area contributed by atoms with Crippen LogP contribution in [0.25, 0.3) is 22.1 Å². The number of ether oxygens (including phenoxy) is 1. The minimum absolute atomic E-state index is 0.445. The van der Waals surface area contributed by atoms with Crippen LogP contribution < -0.4 is 4.74 Å². The number of nitrogens with zero attached hydrogens (tertiary/aromatic N) is 5. The number of thioether (sulfide) groups is 1. The highest BCUT2D eigenvalue weighted by atomic mass is 32.2. The first kappa shape index (κ1) is 20.3. The Labute approximate surface area is 188 Å². The third-order valence-corrected chi connectivity index (χ3v) is 7.28. The molecule has 160 valence electrons. The molecule has 1 aliphatic carbocycles. The molecule has 0 unspecified atom stereocenters. The topological polar surface area (TPSA) is 78.9 Å². The van der Waals surface area contributed by atoms with Gasteiger partial charge in [-0.25, -0.2) is 0 Å². The van der Waals surface area contributed by atoms with E-state index in [0.717, 1.165) is 27.2 Å². The Morgan fingerprint density at radius 3 is 2.71 bits per heavy atom. The van der Waals surface area contributed by atoms with E-state index in [4.69, 9.17) is 9.26 Å². The minimum atomic E-state index is 0.445. The Hall–Kier alpha value is -2.65. The van der Waals surface area contributed by atoms with Crippen LogP contribution in [-0.2, 0) is 5.75 Å². The van der Waals surface area contributed by atoms with Crippen LogP contribution in [0.4, 0.5) is 0 Å². The van der Waals surface area contributed by atoms with E-state index in [9.17, 15) is 0 Å². The van der Waals surface area contributed by atoms with Gasteiger partial charge in [-0.05, 0) is 48.6 Å². The fourth-order valence-corrected chi connectivity index (χ4v) is 5.46. The van der Waals surface area contributed by atoms with E-state index in [1.54, 1.807) is 30.2 Å². The lowest BCUT2D eigenvalue weighted by Gasteiger charge is -2.25. The second-order valence-electron chi connectivity index (χ2n) is 7.47. The maximum atomic E-state index is 5.49. The average molecular weight is 454 g/mol. The number of hydrogen-bond acceptors (Lipinski definition) is 8. The molecule has 7 nitrogen and oxygen atoms in total. The molecular formula is C22H23N5O2S2. The Kier molecular flexibility index (Phi) is 6.04. The maximum Gasteiger partial charge on any atom is 0.237 e. The van der Waals surface area contributed by atoms with E-state index in [1.165, 1.54) is 32.1 Å². The molecule has 0 saturated heterocycles. The second kappa shape index (κ2) is 9.23. The SMILES string of the molecule is COc1ccc(-c2noc(CSc3nnc(-c4cccs4)n3C3CCCCC3)n2)cc1. The van der Waals surface area contributed by atoms with Gasteiger partial charge in [0.2, 0.25) is 11.7 Å². The summed E-state index contributed by atoms with van der Waals surface area (Å²) >= 11 is 3.31. The molecule has 3 aromatic heterocycles. The highest BCUT2D eigenvalue weighted by Gasteiger charge is 2.24. The van der Waals surface area contributed by atoms with Crippen LogP contribution in [0.3, 0.4) is 0 Å². The van der Waals surface area contributed by atoms with Crippen molar-refractivity contribution in [3.63, 3.8) is 0 Å². The first-order valence-electron chi connectivity index (χ1n) is 10.4. The lowest BCUT2D eigenvalue weighted by Crippen LogP contribution is -2.15. The van der Waals surface area contributed by atoms with Gasteiger partial charge in [0.25, 0.3) is 0 Å². The van der Waals surface area contributed by atoms with Crippen molar-refractivity contribution in [3.8, 4) is 27.8 Å². The minimum Gasteiger partial charge on any atom is -0.497 e. The quantitative estimate of drug-likeness (QED) is 0.324. The third-order valence-electron chi connectivity index (χ3n) is 5.49. The molecule has 0 atom stereocenters. The third kappa shape index (κ3) is 4.38. The molecule has 0 radical (unpaired) electrons. The number of rotatable bonds is 7. The molecule has 1 aromatic carbocycles. The van der Waals surface area contributed by atoms with E-state index in [2.05, 4.69) is 42.4 Å². The monoisotopic (exact) mass is 453 g/mol. The summed E-state index contributed by atoms with van der Waals surface area (Å²) in [5, 5.41) is 16.2. The van der Waals surface area contributed by atoms with Crippen molar-refractivity contribution in [3.05, 3.63) is 47.7 Å². The molecular weight excluding hydrogens is 430 g/mol. The summed E-state index contributed by atoms with van der Waals surface area (Å²) in [7, 11) is 1.65. The second-order valence-corrected chi connectivity index (χ2v) is 9.36. The lowest BCUT2D eigenvalue weighted by atomic mass is 9.95. The van der Waals surface area contributed by atoms with Gasteiger partial charge in [-0.1, -0.05) is 42.2 Å². The molecule has 1 aliphatic rings. The highest BCUT2D eigenvalue weighted by Crippen LogP contribution is 2.37. The van der Waals surface area contributed by atoms with Gasteiger partial charge < -0.3 is 9.26 Å². The van der Waals surface area contributed by atoms with E-state index >= 15 is 0 Å². The zero-order valence-corrected chi connectivity index (χ0v) is 18.9. The van der Waals surface area contributed by atoms with Gasteiger partial charge in [-0.2, -0.15) is 4.98 Å². The highest BCUT2D eigenvalue weighted by molar-refractivity contribution is 7.98. The molecule has 4 aromatic rings. The van der Waals surface area contributed by atoms with Crippen LogP contribution in [0.5, 0.6) is 5.75 Å². The molecule has 0 spiro atoms. The Morgan fingerprint density at radius 1 is 1.13 bits per heavy atom. The molecule has 1 saturated carbocycles. The van der Waals surface area contributed by atoms with E-state index < -0.39 is 0 Å². The molecule has 0 amide bonds. The smallest absolute Gasteiger partial charge is 0.237 e. The summed E-state index contributed by atoms with van der Waals surface area (Å²) < 4.78 is 13.0. The number of hydrogen-bond donors (Lipinski definition) is 0. The molecule has 9 heteroatoms. The zero-order chi connectivity index (χ0) is 21.0. The lowest BCUT2D eigenvalue weighted by molar-refractivity contribution is 0.339. The molecule has 0 N–H and O–H groups in total. The molecule has 0 aliphatic heterocycles. The Bertz CT molecular complexity index is 1120. The molecule has 31 heavy (non-hydrogen) atoms. The molecule has 5 rings (SSSR count).